The highest BCUT2D eigenvalue weighted by molar-refractivity contribution is 7.26. The summed E-state index contributed by atoms with van der Waals surface area (Å²) >= 11 is 0. The van der Waals surface area contributed by atoms with Crippen molar-refractivity contribution in [2.45, 2.75) is 199 Å². The van der Waals surface area contributed by atoms with Crippen molar-refractivity contribution in [3.63, 3.8) is 0 Å². The first kappa shape index (κ1) is 45.2. The Morgan fingerprint density at radius 2 is 1.04 bits per heavy atom. The van der Waals surface area contributed by atoms with Crippen molar-refractivity contribution in [2.24, 2.45) is 11.8 Å². The van der Waals surface area contributed by atoms with E-state index in [1.807, 2.05) is 0 Å². The van der Waals surface area contributed by atoms with Crippen molar-refractivity contribution in [2.75, 3.05) is 26.4 Å². The fourth-order valence-electron chi connectivity index (χ4n) is 6.31. The van der Waals surface area contributed by atoms with Crippen LogP contribution in [0, 0.1) is 11.8 Å². The maximum Gasteiger partial charge on any atom is 0.306 e. The third-order valence-electron chi connectivity index (χ3n) is 9.54. The second-order valence-electron chi connectivity index (χ2n) is 14.2. The Kier molecular flexibility index (Phi) is 31.4. The normalized spacial score (nSPS) is 17.2. The monoisotopic (exact) mass is 703 g/mol. The summed E-state index contributed by atoms with van der Waals surface area (Å²) in [7, 11) is -0.387. The number of rotatable bonds is 37. The van der Waals surface area contributed by atoms with Gasteiger partial charge in [-0.05, 0) is 31.1 Å². The highest BCUT2D eigenvalue weighted by atomic mass is 31.1. The molecule has 0 aromatic heterocycles. The van der Waals surface area contributed by atoms with Crippen LogP contribution in [0.2, 0.25) is 0 Å². The summed E-state index contributed by atoms with van der Waals surface area (Å²) in [5, 5.41) is 18.3. The number of carbonyl (C=O) groups excluding carboxylic acids is 2. The zero-order valence-electron chi connectivity index (χ0n) is 31.1. The summed E-state index contributed by atoms with van der Waals surface area (Å²) in [4.78, 5) is 24.9. The van der Waals surface area contributed by atoms with E-state index in [9.17, 15) is 14.7 Å². The second-order valence-corrected chi connectivity index (χ2v) is 15.0. The molecule has 0 bridgehead atoms. The molecule has 8 nitrogen and oxygen atoms in total. The third kappa shape index (κ3) is 29.0. The van der Waals surface area contributed by atoms with Crippen LogP contribution in [0.3, 0.4) is 0 Å². The van der Waals surface area contributed by atoms with Crippen LogP contribution < -0.4 is 0 Å². The van der Waals surface area contributed by atoms with Gasteiger partial charge in [0.1, 0.15) is 12.7 Å². The van der Waals surface area contributed by atoms with Gasteiger partial charge in [-0.2, -0.15) is 0 Å². The van der Waals surface area contributed by atoms with Crippen LogP contribution >= 0.6 is 9.03 Å². The smallest absolute Gasteiger partial charge is 0.306 e. The van der Waals surface area contributed by atoms with Gasteiger partial charge in [-0.15, -0.1) is 0 Å². The first-order valence-electron chi connectivity index (χ1n) is 20.1. The zero-order chi connectivity index (χ0) is 34.9. The molecule has 0 spiro atoms. The molecule has 0 aliphatic heterocycles. The van der Waals surface area contributed by atoms with E-state index < -0.39 is 12.2 Å². The fourth-order valence-corrected chi connectivity index (χ4v) is 6.91. The van der Waals surface area contributed by atoms with E-state index in [0.29, 0.717) is 12.8 Å². The van der Waals surface area contributed by atoms with Gasteiger partial charge < -0.3 is 28.7 Å². The number of ether oxygens (including phenoxy) is 2. The maximum atomic E-state index is 12.6. The van der Waals surface area contributed by atoms with E-state index in [0.717, 1.165) is 50.4 Å². The molecular formula is C39H75O8P. The zero-order valence-corrected chi connectivity index (χ0v) is 32.1. The van der Waals surface area contributed by atoms with Gasteiger partial charge >= 0.3 is 11.9 Å². The van der Waals surface area contributed by atoms with Gasteiger partial charge in [0.15, 0.2) is 15.1 Å². The van der Waals surface area contributed by atoms with Crippen LogP contribution in [0.25, 0.3) is 0 Å². The van der Waals surface area contributed by atoms with E-state index in [4.69, 9.17) is 23.6 Å². The third-order valence-corrected chi connectivity index (χ3v) is 10.1. The van der Waals surface area contributed by atoms with E-state index in [2.05, 4.69) is 13.8 Å². The van der Waals surface area contributed by atoms with Gasteiger partial charge in [0, 0.05) is 12.8 Å². The molecule has 0 amide bonds. The van der Waals surface area contributed by atoms with E-state index in [1.54, 1.807) is 0 Å². The van der Waals surface area contributed by atoms with Crippen molar-refractivity contribution in [3.8, 4) is 0 Å². The highest BCUT2D eigenvalue weighted by Crippen LogP contribution is 2.45. The molecule has 5 atom stereocenters. The van der Waals surface area contributed by atoms with Gasteiger partial charge in [-0.25, -0.2) is 0 Å². The maximum absolute atomic E-state index is 12.6. The van der Waals surface area contributed by atoms with E-state index in [1.165, 1.54) is 122 Å². The number of hydrogen-bond acceptors (Lipinski definition) is 8. The average molecular weight is 703 g/mol. The lowest BCUT2D eigenvalue weighted by atomic mass is 10.0. The number of carbonyl (C=O) groups is 2. The molecule has 1 fully saturated rings. The van der Waals surface area contributed by atoms with Gasteiger partial charge in [-0.3, -0.25) is 9.59 Å². The molecule has 1 aliphatic rings. The number of aliphatic hydroxyl groups excluding tert-OH is 2. The SMILES string of the molecule is CCCCCCCCCCCCCCCC(=O)OCC(COPOCC(O)CO)OC(=O)CCCCCCCC1CC1CCCCCC. The molecule has 1 saturated carbocycles. The Bertz CT molecular complexity index is 739. The summed E-state index contributed by atoms with van der Waals surface area (Å²) in [6, 6.07) is 0. The van der Waals surface area contributed by atoms with Crippen LogP contribution in [0.15, 0.2) is 0 Å². The molecule has 0 aromatic carbocycles. The predicted molar refractivity (Wildman–Crippen MR) is 197 cm³/mol. The molecule has 1 rings (SSSR count). The Labute approximate surface area is 296 Å². The number of hydrogen-bond donors (Lipinski definition) is 2. The lowest BCUT2D eigenvalue weighted by Gasteiger charge is -2.18. The van der Waals surface area contributed by atoms with Crippen molar-refractivity contribution in [1.82, 2.24) is 0 Å². The number of aliphatic hydroxyl groups is 2. The summed E-state index contributed by atoms with van der Waals surface area (Å²) in [5.74, 6) is 1.37. The summed E-state index contributed by atoms with van der Waals surface area (Å²) in [6.07, 6.45) is 30.5. The summed E-state index contributed by atoms with van der Waals surface area (Å²) in [6.45, 7) is 4.07. The minimum Gasteiger partial charge on any atom is -0.462 e. The van der Waals surface area contributed by atoms with Crippen molar-refractivity contribution < 1.29 is 38.3 Å². The first-order chi connectivity index (χ1) is 23.5. The predicted octanol–water partition coefficient (Wildman–Crippen LogP) is 10.2. The highest BCUT2D eigenvalue weighted by Gasteiger charge is 2.35. The Morgan fingerprint density at radius 3 is 1.56 bits per heavy atom. The van der Waals surface area contributed by atoms with Crippen LogP contribution in [-0.2, 0) is 28.1 Å². The summed E-state index contributed by atoms with van der Waals surface area (Å²) < 4.78 is 21.8. The van der Waals surface area contributed by atoms with Crippen LogP contribution in [0.5, 0.6) is 0 Å². The summed E-state index contributed by atoms with van der Waals surface area (Å²) in [5.41, 5.74) is 0. The van der Waals surface area contributed by atoms with Gasteiger partial charge in [0.2, 0.25) is 0 Å². The Balaban J connectivity index is 2.15. The van der Waals surface area contributed by atoms with Gasteiger partial charge in [0.05, 0.1) is 19.8 Å². The fraction of sp³-hybridized carbons (Fsp3) is 0.949. The van der Waals surface area contributed by atoms with E-state index >= 15 is 0 Å². The molecule has 2 N–H and O–H groups in total. The topological polar surface area (TPSA) is 112 Å². The molecule has 0 saturated heterocycles. The van der Waals surface area contributed by atoms with E-state index in [-0.39, 0.29) is 47.4 Å². The molecule has 0 heterocycles. The largest absolute Gasteiger partial charge is 0.462 e. The van der Waals surface area contributed by atoms with Crippen molar-refractivity contribution in [1.29, 1.82) is 0 Å². The molecule has 284 valence electrons. The molecule has 9 heteroatoms. The standard InChI is InChI=1S/C39H75O8P/c1-3-5-7-9-10-11-12-13-14-15-16-19-23-27-38(42)44-32-37(33-46-48-45-31-36(41)30-40)47-39(43)28-24-20-17-18-22-26-35-29-34(35)25-21-8-6-4-2/h34-37,40-41,48H,3-33H2,1-2H3. The van der Waals surface area contributed by atoms with Crippen LogP contribution in [-0.4, -0.2) is 60.8 Å². The lowest BCUT2D eigenvalue weighted by molar-refractivity contribution is -0.161. The van der Waals surface area contributed by atoms with Crippen LogP contribution in [0.1, 0.15) is 187 Å². The van der Waals surface area contributed by atoms with Gasteiger partial charge in [0.25, 0.3) is 0 Å². The number of esters is 2. The molecular weight excluding hydrogens is 627 g/mol. The Hall–Kier alpha value is -0.790. The Morgan fingerprint density at radius 1 is 0.604 bits per heavy atom. The molecule has 5 unspecified atom stereocenters. The van der Waals surface area contributed by atoms with Crippen LogP contribution in [0.4, 0.5) is 0 Å². The van der Waals surface area contributed by atoms with Crippen molar-refractivity contribution in [3.05, 3.63) is 0 Å². The average Bonchev–Trinajstić information content (AvgIpc) is 3.84. The second kappa shape index (κ2) is 33.4. The first-order valence-corrected chi connectivity index (χ1v) is 20.9. The molecule has 1 aliphatic carbocycles. The van der Waals surface area contributed by atoms with Crippen molar-refractivity contribution >= 4 is 21.0 Å². The minimum atomic E-state index is -0.966. The minimum absolute atomic E-state index is 0.0339. The lowest BCUT2D eigenvalue weighted by Crippen LogP contribution is -2.29. The molecule has 0 radical (unpaired) electrons. The molecule has 48 heavy (non-hydrogen) atoms. The molecule has 0 aromatic rings. The van der Waals surface area contributed by atoms with Gasteiger partial charge in [-0.1, -0.05) is 155 Å². The quantitative estimate of drug-likeness (QED) is 0.0374. The number of unbranched alkanes of at least 4 members (excludes halogenated alkanes) is 19.